The molecule has 1 atom stereocenters. The lowest BCUT2D eigenvalue weighted by atomic mass is 10.2. The summed E-state index contributed by atoms with van der Waals surface area (Å²) in [5.41, 5.74) is 1.67. The number of nitrogens with zero attached hydrogens (tertiary/aromatic N) is 4. The van der Waals surface area contributed by atoms with Crippen LogP contribution < -0.4 is 0 Å². The van der Waals surface area contributed by atoms with Gasteiger partial charge in [0.25, 0.3) is 5.91 Å². The zero-order valence-corrected chi connectivity index (χ0v) is 13.5. The van der Waals surface area contributed by atoms with Crippen molar-refractivity contribution in [3.63, 3.8) is 0 Å². The molecule has 1 aliphatic rings. The van der Waals surface area contributed by atoms with Gasteiger partial charge >= 0.3 is 0 Å². The quantitative estimate of drug-likeness (QED) is 0.806. The van der Waals surface area contributed by atoms with Crippen LogP contribution in [0.3, 0.4) is 0 Å². The van der Waals surface area contributed by atoms with Crippen LogP contribution in [0.2, 0.25) is 0 Å². The number of aromatic amines is 1. The van der Waals surface area contributed by atoms with E-state index in [1.807, 2.05) is 65.2 Å². The number of aromatic nitrogens is 4. The number of rotatable bonds is 3. The molecule has 3 aromatic rings. The summed E-state index contributed by atoms with van der Waals surface area (Å²) in [4.78, 5) is 19.4. The lowest BCUT2D eigenvalue weighted by Gasteiger charge is -2.23. The van der Waals surface area contributed by atoms with Crippen molar-refractivity contribution in [2.24, 2.45) is 7.05 Å². The molecule has 6 nitrogen and oxygen atoms in total. The first-order chi connectivity index (χ1) is 11.7. The first-order valence-electron chi connectivity index (χ1n) is 8.14. The van der Waals surface area contributed by atoms with Crippen molar-refractivity contribution in [1.29, 1.82) is 0 Å². The fourth-order valence-electron chi connectivity index (χ4n) is 3.26. The van der Waals surface area contributed by atoms with Gasteiger partial charge in [0.05, 0.1) is 6.04 Å². The van der Waals surface area contributed by atoms with Gasteiger partial charge in [-0.15, -0.1) is 0 Å². The predicted octanol–water partition coefficient (Wildman–Crippen LogP) is 2.79. The Bertz CT molecular complexity index is 851. The molecule has 1 aliphatic heterocycles. The lowest BCUT2D eigenvalue weighted by Crippen LogP contribution is -2.32. The highest BCUT2D eigenvalue weighted by molar-refractivity contribution is 5.93. The Hall–Kier alpha value is -2.89. The van der Waals surface area contributed by atoms with Crippen LogP contribution >= 0.6 is 0 Å². The number of likely N-dealkylation sites (tertiary alicyclic amines) is 1. The largest absolute Gasteiger partial charge is 0.347 e. The van der Waals surface area contributed by atoms with Crippen LogP contribution in [0.1, 0.15) is 35.2 Å². The minimum absolute atomic E-state index is 0.0441. The maximum absolute atomic E-state index is 12.8. The summed E-state index contributed by atoms with van der Waals surface area (Å²) in [6.45, 7) is 0.746. The van der Waals surface area contributed by atoms with Crippen LogP contribution in [-0.2, 0) is 7.05 Å². The van der Waals surface area contributed by atoms with Crippen molar-refractivity contribution in [3.05, 3.63) is 60.2 Å². The number of H-pyrrole nitrogens is 1. The van der Waals surface area contributed by atoms with Crippen LogP contribution in [0.25, 0.3) is 11.4 Å². The summed E-state index contributed by atoms with van der Waals surface area (Å²) in [7, 11) is 1.89. The van der Waals surface area contributed by atoms with E-state index in [4.69, 9.17) is 0 Å². The van der Waals surface area contributed by atoms with E-state index in [1.165, 1.54) is 0 Å². The second-order valence-corrected chi connectivity index (χ2v) is 6.07. The summed E-state index contributed by atoms with van der Waals surface area (Å²) in [6, 6.07) is 13.6. The molecule has 0 spiro atoms. The average molecular weight is 321 g/mol. The van der Waals surface area contributed by atoms with Gasteiger partial charge in [-0.2, -0.15) is 5.10 Å². The Morgan fingerprint density at radius 1 is 1.21 bits per heavy atom. The van der Waals surface area contributed by atoms with Gasteiger partial charge in [0.15, 0.2) is 5.82 Å². The first-order valence-corrected chi connectivity index (χ1v) is 8.14. The van der Waals surface area contributed by atoms with Crippen LogP contribution in [0, 0.1) is 0 Å². The highest BCUT2D eigenvalue weighted by Crippen LogP contribution is 2.32. The summed E-state index contributed by atoms with van der Waals surface area (Å²) in [6.07, 6.45) is 3.77. The van der Waals surface area contributed by atoms with E-state index in [9.17, 15) is 4.79 Å². The molecule has 1 aromatic carbocycles. The second-order valence-electron chi connectivity index (χ2n) is 6.07. The summed E-state index contributed by atoms with van der Waals surface area (Å²) in [5, 5.41) is 7.35. The van der Waals surface area contributed by atoms with Crippen molar-refractivity contribution >= 4 is 5.91 Å². The Balaban J connectivity index is 1.61. The number of aryl methyl sites for hydroxylation is 1. The molecular weight excluding hydrogens is 302 g/mol. The molecule has 4 rings (SSSR count). The zero-order valence-electron chi connectivity index (χ0n) is 13.5. The SMILES string of the molecule is Cn1cccc1C(=O)N1CCCC1c1nc(-c2ccccc2)n[nH]1. The third-order valence-electron chi connectivity index (χ3n) is 4.53. The van der Waals surface area contributed by atoms with Gasteiger partial charge in [0.1, 0.15) is 11.5 Å². The second kappa shape index (κ2) is 5.96. The molecule has 1 N–H and O–H groups in total. The topological polar surface area (TPSA) is 66.8 Å². The van der Waals surface area contributed by atoms with E-state index in [-0.39, 0.29) is 11.9 Å². The van der Waals surface area contributed by atoms with Gasteiger partial charge in [0, 0.05) is 25.4 Å². The number of benzene rings is 1. The molecule has 1 saturated heterocycles. The Kier molecular flexibility index (Phi) is 3.65. The predicted molar refractivity (Wildman–Crippen MR) is 90.2 cm³/mol. The fourth-order valence-corrected chi connectivity index (χ4v) is 3.26. The summed E-state index contributed by atoms with van der Waals surface area (Å²) >= 11 is 0. The first kappa shape index (κ1) is 14.7. The number of hydrogen-bond donors (Lipinski definition) is 1. The zero-order chi connectivity index (χ0) is 16.5. The smallest absolute Gasteiger partial charge is 0.271 e. The molecule has 1 unspecified atom stereocenters. The van der Waals surface area contributed by atoms with Crippen molar-refractivity contribution < 1.29 is 4.79 Å². The highest BCUT2D eigenvalue weighted by Gasteiger charge is 2.33. The molecule has 1 fully saturated rings. The van der Waals surface area contributed by atoms with Crippen molar-refractivity contribution in [3.8, 4) is 11.4 Å². The Labute approximate surface area is 140 Å². The molecule has 3 heterocycles. The number of amides is 1. The molecule has 24 heavy (non-hydrogen) atoms. The molecule has 1 amide bonds. The van der Waals surface area contributed by atoms with Crippen LogP contribution in [0.4, 0.5) is 0 Å². The summed E-state index contributed by atoms with van der Waals surface area (Å²) < 4.78 is 1.85. The number of nitrogens with one attached hydrogen (secondary N) is 1. The Morgan fingerprint density at radius 3 is 2.79 bits per heavy atom. The maximum Gasteiger partial charge on any atom is 0.271 e. The van der Waals surface area contributed by atoms with Gasteiger partial charge in [-0.05, 0) is 25.0 Å². The maximum atomic E-state index is 12.8. The van der Waals surface area contributed by atoms with Gasteiger partial charge in [-0.1, -0.05) is 30.3 Å². The molecule has 0 aliphatic carbocycles. The number of carbonyl (C=O) groups excluding carboxylic acids is 1. The van der Waals surface area contributed by atoms with Gasteiger partial charge in [-0.25, -0.2) is 4.98 Å². The monoisotopic (exact) mass is 321 g/mol. The minimum Gasteiger partial charge on any atom is -0.347 e. The molecule has 0 bridgehead atoms. The van der Waals surface area contributed by atoms with E-state index in [0.717, 1.165) is 30.8 Å². The van der Waals surface area contributed by atoms with E-state index in [0.29, 0.717) is 11.5 Å². The molecule has 0 saturated carbocycles. The highest BCUT2D eigenvalue weighted by atomic mass is 16.2. The standard InChI is InChI=1S/C18H19N5O/c1-22-11-5-10-15(22)18(24)23-12-6-9-14(23)17-19-16(20-21-17)13-7-3-2-4-8-13/h2-5,7-8,10-11,14H,6,9,12H2,1H3,(H,19,20,21). The van der Waals surface area contributed by atoms with Crippen molar-refractivity contribution in [1.82, 2.24) is 24.6 Å². The molecule has 122 valence electrons. The number of hydrogen-bond acceptors (Lipinski definition) is 3. The number of carbonyl (C=O) groups is 1. The molecule has 0 radical (unpaired) electrons. The minimum atomic E-state index is -0.0441. The van der Waals surface area contributed by atoms with Gasteiger partial charge in [0.2, 0.25) is 0 Å². The fraction of sp³-hybridized carbons (Fsp3) is 0.278. The van der Waals surface area contributed by atoms with Gasteiger partial charge < -0.3 is 9.47 Å². The van der Waals surface area contributed by atoms with Crippen LogP contribution in [0.5, 0.6) is 0 Å². The van der Waals surface area contributed by atoms with Crippen molar-refractivity contribution in [2.75, 3.05) is 6.54 Å². The van der Waals surface area contributed by atoms with E-state index >= 15 is 0 Å². The van der Waals surface area contributed by atoms with E-state index in [1.54, 1.807) is 0 Å². The Morgan fingerprint density at radius 2 is 2.04 bits per heavy atom. The van der Waals surface area contributed by atoms with Crippen LogP contribution in [-0.4, -0.2) is 37.1 Å². The van der Waals surface area contributed by atoms with E-state index < -0.39 is 0 Å². The van der Waals surface area contributed by atoms with Crippen LogP contribution in [0.15, 0.2) is 48.7 Å². The van der Waals surface area contributed by atoms with E-state index in [2.05, 4.69) is 15.2 Å². The third-order valence-corrected chi connectivity index (χ3v) is 4.53. The molecular formula is C18H19N5O. The lowest BCUT2D eigenvalue weighted by molar-refractivity contribution is 0.0720. The molecule has 6 heteroatoms. The third kappa shape index (κ3) is 2.50. The normalized spacial score (nSPS) is 17.4. The van der Waals surface area contributed by atoms with Gasteiger partial charge in [-0.3, -0.25) is 9.89 Å². The van der Waals surface area contributed by atoms with Crippen molar-refractivity contribution in [2.45, 2.75) is 18.9 Å². The molecule has 2 aromatic heterocycles. The summed E-state index contributed by atoms with van der Waals surface area (Å²) in [5.74, 6) is 1.47. The average Bonchev–Trinajstić information content (AvgIpc) is 3.35.